The highest BCUT2D eigenvalue weighted by molar-refractivity contribution is 8.00. The molecule has 7 N–H and O–H groups in total. The number of aromatic nitrogens is 4. The van der Waals surface area contributed by atoms with Crippen LogP contribution < -0.4 is 20.9 Å². The zero-order valence-corrected chi connectivity index (χ0v) is 24.8. The number of hydrogen-bond acceptors (Lipinski definition) is 12. The van der Waals surface area contributed by atoms with Crippen molar-refractivity contribution in [3.05, 3.63) is 47.2 Å². The molecule has 0 aromatic carbocycles. The molecule has 2 aliphatic heterocycles. The standard InChI is InChI=1S/C25H27N9O7S2/c1-25(2,23(39)40)41-31-14(18-30-24(26)43-32-18)19(35)29-15-20(36)34-17(22(37)38)12(10-42-21(15)34)9-33-6-4-5-13-16(33)11(7-27-3)8-28-13/h4-6,8,15,21,27H,7,9-10H2,1-3H3,(H5,26,29,30,32,35,37,38,39,40)/p+1/b31-14-. The van der Waals surface area contributed by atoms with Gasteiger partial charge in [-0.2, -0.15) is 13.9 Å². The molecule has 5 rings (SSSR count). The van der Waals surface area contributed by atoms with Gasteiger partial charge in [-0.15, -0.1) is 11.8 Å². The van der Waals surface area contributed by atoms with Crippen LogP contribution in [0.1, 0.15) is 25.2 Å². The first-order chi connectivity index (χ1) is 20.4. The maximum absolute atomic E-state index is 13.3. The second kappa shape index (κ2) is 11.6. The van der Waals surface area contributed by atoms with Crippen molar-refractivity contribution >= 4 is 68.9 Å². The number of pyridine rings is 1. The Hall–Kier alpha value is -4.55. The van der Waals surface area contributed by atoms with E-state index in [9.17, 15) is 29.4 Å². The molecular weight excluding hydrogens is 602 g/mol. The van der Waals surface area contributed by atoms with Crippen molar-refractivity contribution < 1.29 is 38.8 Å². The third kappa shape index (κ3) is 5.63. The Morgan fingerprint density at radius 2 is 2.12 bits per heavy atom. The Morgan fingerprint density at radius 3 is 2.77 bits per heavy atom. The summed E-state index contributed by atoms with van der Waals surface area (Å²) >= 11 is 2.09. The number of carbonyl (C=O) groups excluding carboxylic acids is 2. The fourth-order valence-corrected chi connectivity index (χ4v) is 6.42. The smallest absolute Gasteiger partial charge is 0.352 e. The molecule has 16 nitrogen and oxygen atoms in total. The van der Waals surface area contributed by atoms with Crippen LogP contribution in [0.5, 0.6) is 0 Å². The van der Waals surface area contributed by atoms with Crippen molar-refractivity contribution in [3.63, 3.8) is 0 Å². The summed E-state index contributed by atoms with van der Waals surface area (Å²) < 4.78 is 5.89. The topological polar surface area (TPSA) is 229 Å². The van der Waals surface area contributed by atoms with Crippen LogP contribution >= 0.6 is 23.3 Å². The van der Waals surface area contributed by atoms with Crippen molar-refractivity contribution in [2.45, 2.75) is 44.0 Å². The minimum Gasteiger partial charge on any atom is -0.478 e. The number of nitrogen functional groups attached to an aromatic ring is 1. The molecule has 226 valence electrons. The van der Waals surface area contributed by atoms with Gasteiger partial charge in [0.2, 0.25) is 22.7 Å². The summed E-state index contributed by atoms with van der Waals surface area (Å²) in [5.74, 6) is -4.07. The Labute approximate surface area is 252 Å². The van der Waals surface area contributed by atoms with Gasteiger partial charge in [0, 0.05) is 41.7 Å². The molecule has 0 spiro atoms. The molecular formula is C25H28N9O7S2+. The summed E-state index contributed by atoms with van der Waals surface area (Å²) in [4.78, 5) is 63.9. The quantitative estimate of drug-likeness (QED) is 0.0690. The molecule has 1 fully saturated rings. The molecule has 0 saturated carbocycles. The van der Waals surface area contributed by atoms with Gasteiger partial charge in [0.25, 0.3) is 11.8 Å². The lowest BCUT2D eigenvalue weighted by Crippen LogP contribution is -2.71. The largest absolute Gasteiger partial charge is 0.478 e. The second-order valence-electron chi connectivity index (χ2n) is 10.2. The number of thioether (sulfide) groups is 1. The second-order valence-corrected chi connectivity index (χ2v) is 12.1. The van der Waals surface area contributed by atoms with Gasteiger partial charge < -0.3 is 36.4 Å². The Kier molecular flexibility index (Phi) is 8.08. The molecule has 3 aromatic heterocycles. The molecule has 3 aromatic rings. The number of aromatic amines is 1. The number of anilines is 1. The lowest BCUT2D eigenvalue weighted by molar-refractivity contribution is -0.663. The van der Waals surface area contributed by atoms with Gasteiger partial charge in [0.1, 0.15) is 22.6 Å². The number of carbonyl (C=O) groups is 4. The first-order valence-electron chi connectivity index (χ1n) is 12.9. The van der Waals surface area contributed by atoms with E-state index in [2.05, 4.69) is 30.1 Å². The van der Waals surface area contributed by atoms with Crippen LogP contribution in [0.25, 0.3) is 11.0 Å². The predicted octanol–water partition coefficient (Wildman–Crippen LogP) is -0.369. The summed E-state index contributed by atoms with van der Waals surface area (Å²) in [5.41, 5.74) is 6.58. The van der Waals surface area contributed by atoms with Crippen LogP contribution in [0.2, 0.25) is 0 Å². The molecule has 0 bridgehead atoms. The third-order valence-electron chi connectivity index (χ3n) is 6.79. The first kappa shape index (κ1) is 29.9. The molecule has 0 aliphatic carbocycles. The number of nitrogens with two attached hydrogens (primary N) is 1. The fraction of sp³-hybridized carbons (Fsp3) is 0.360. The highest BCUT2D eigenvalue weighted by Crippen LogP contribution is 2.40. The highest BCUT2D eigenvalue weighted by Gasteiger charge is 2.55. The Morgan fingerprint density at radius 1 is 1.35 bits per heavy atom. The average Bonchev–Trinajstić information content (AvgIpc) is 3.58. The van der Waals surface area contributed by atoms with Crippen molar-refractivity contribution in [2.75, 3.05) is 18.5 Å². The van der Waals surface area contributed by atoms with Crippen molar-refractivity contribution in [3.8, 4) is 0 Å². The van der Waals surface area contributed by atoms with Gasteiger partial charge in [-0.3, -0.25) is 14.5 Å². The van der Waals surface area contributed by atoms with E-state index in [1.54, 1.807) is 0 Å². The van der Waals surface area contributed by atoms with Crippen molar-refractivity contribution in [1.82, 2.24) is 29.9 Å². The summed E-state index contributed by atoms with van der Waals surface area (Å²) in [6, 6.07) is 2.69. The number of hydrogen-bond donors (Lipinski definition) is 6. The Balaban J connectivity index is 1.39. The van der Waals surface area contributed by atoms with Gasteiger partial charge >= 0.3 is 11.9 Å². The summed E-state index contributed by atoms with van der Waals surface area (Å²) in [5, 5.41) is 28.2. The zero-order chi connectivity index (χ0) is 31.1. The number of H-pyrrole nitrogens is 1. The molecule has 2 aliphatic rings. The lowest BCUT2D eigenvalue weighted by atomic mass is 10.0. The van der Waals surface area contributed by atoms with E-state index >= 15 is 0 Å². The van der Waals surface area contributed by atoms with E-state index in [-0.39, 0.29) is 23.2 Å². The number of carboxylic acid groups (broad SMARTS) is 2. The number of nitrogens with zero attached hydrogens (tertiary/aromatic N) is 5. The normalized spacial score (nSPS) is 18.8. The van der Waals surface area contributed by atoms with E-state index in [1.165, 1.54) is 30.5 Å². The molecule has 18 heteroatoms. The number of β-lactam (4-membered cyclic amide) rings is 1. The van der Waals surface area contributed by atoms with E-state index in [4.69, 9.17) is 10.6 Å². The van der Waals surface area contributed by atoms with Crippen LogP contribution in [0.15, 0.2) is 41.0 Å². The number of oxime groups is 1. The van der Waals surface area contributed by atoms with Crippen molar-refractivity contribution in [2.24, 2.45) is 5.16 Å². The number of fused-ring (bicyclic) bond motifs is 2. The first-order valence-corrected chi connectivity index (χ1v) is 14.7. The Bertz CT molecular complexity index is 1700. The SMILES string of the molecule is CNCc1c[nH]c2ccc[n+](CC3=C(C(=O)O)N4C(=O)C(NC(=O)/C(=N\OC(C)(C)C(=O)O)c5nsc(N)n5)C4SC3)c12. The minimum absolute atomic E-state index is 0.0248. The van der Waals surface area contributed by atoms with Crippen molar-refractivity contribution in [1.29, 1.82) is 0 Å². The summed E-state index contributed by atoms with van der Waals surface area (Å²) in [6.45, 7) is 3.30. The number of nitrogens with one attached hydrogen (secondary N) is 3. The fourth-order valence-electron chi connectivity index (χ4n) is 4.65. The van der Waals surface area contributed by atoms with Crippen LogP contribution in [0.3, 0.4) is 0 Å². The third-order valence-corrected chi connectivity index (χ3v) is 8.67. The van der Waals surface area contributed by atoms with E-state index in [0.717, 1.165) is 28.1 Å². The number of rotatable bonds is 11. The minimum atomic E-state index is -1.79. The highest BCUT2D eigenvalue weighted by atomic mass is 32.2. The van der Waals surface area contributed by atoms with E-state index < -0.39 is 46.5 Å². The summed E-state index contributed by atoms with van der Waals surface area (Å²) in [6.07, 6.45) is 3.75. The maximum atomic E-state index is 13.3. The number of aliphatic carboxylic acids is 2. The van der Waals surface area contributed by atoms with Crippen LogP contribution in [-0.2, 0) is 37.1 Å². The van der Waals surface area contributed by atoms with Gasteiger partial charge in [-0.1, -0.05) is 5.16 Å². The maximum Gasteiger partial charge on any atom is 0.352 e. The van der Waals surface area contributed by atoms with Crippen LogP contribution in [0, 0.1) is 0 Å². The average molecular weight is 631 g/mol. The molecule has 43 heavy (non-hydrogen) atoms. The summed E-state index contributed by atoms with van der Waals surface area (Å²) in [7, 11) is 1.83. The molecule has 2 unspecified atom stereocenters. The van der Waals surface area contributed by atoms with Gasteiger partial charge in [-0.05, 0) is 27.0 Å². The predicted molar refractivity (Wildman–Crippen MR) is 155 cm³/mol. The van der Waals surface area contributed by atoms with E-state index in [1.807, 2.05) is 36.1 Å². The molecule has 5 heterocycles. The molecule has 2 amide bonds. The van der Waals surface area contributed by atoms with Gasteiger partial charge in [0.05, 0.1) is 5.56 Å². The van der Waals surface area contributed by atoms with E-state index in [0.29, 0.717) is 17.9 Å². The van der Waals surface area contributed by atoms with Gasteiger partial charge in [-0.25, -0.2) is 9.59 Å². The zero-order valence-electron chi connectivity index (χ0n) is 23.2. The monoisotopic (exact) mass is 630 g/mol. The lowest BCUT2D eigenvalue weighted by Gasteiger charge is -2.49. The number of amides is 2. The molecule has 2 atom stereocenters. The van der Waals surface area contributed by atoms with Crippen LogP contribution in [-0.4, -0.2) is 88.7 Å². The van der Waals surface area contributed by atoms with Crippen LogP contribution in [0.4, 0.5) is 5.13 Å². The van der Waals surface area contributed by atoms with Gasteiger partial charge in [0.15, 0.2) is 17.9 Å². The molecule has 1 saturated heterocycles. The molecule has 0 radical (unpaired) electrons. The number of carboxylic acids is 2.